The van der Waals surface area contributed by atoms with E-state index in [1.54, 1.807) is 54.6 Å². The monoisotopic (exact) mass is 552 g/mol. The molecule has 4 aromatic rings. The quantitative estimate of drug-likeness (QED) is 0.234. The Morgan fingerprint density at radius 2 is 2.03 bits per heavy atom. The standard InChI is InChI=1S/C27H25ClN4O5S/c28-21-7-1-2-8-22(21)30-24(33)16-38-27-31-23-13-17(25(34)29-14-18-5-3-11-36-18)9-10-20(23)26(35)32(27)15-19-6-4-12-37-19/h1-2,4,6-10,12-13,18H,3,5,11,14-16H2,(H,29,34)(H,30,33)/t18-/m0/s1. The van der Waals surface area contributed by atoms with Gasteiger partial charge in [-0.3, -0.25) is 19.0 Å². The molecule has 5 rings (SSSR count). The number of carbonyl (C=O) groups is 2. The topological polar surface area (TPSA) is 115 Å². The minimum absolute atomic E-state index is 0.0110. The van der Waals surface area contributed by atoms with Crippen LogP contribution in [-0.4, -0.2) is 46.4 Å². The maximum Gasteiger partial charge on any atom is 0.262 e. The minimum Gasteiger partial charge on any atom is -0.467 e. The molecule has 196 valence electrons. The predicted molar refractivity (Wildman–Crippen MR) is 146 cm³/mol. The molecule has 0 radical (unpaired) electrons. The van der Waals surface area contributed by atoms with E-state index in [1.165, 1.54) is 10.8 Å². The first-order valence-corrected chi connectivity index (χ1v) is 13.5. The highest BCUT2D eigenvalue weighted by Gasteiger charge is 2.19. The number of furan rings is 1. The van der Waals surface area contributed by atoms with Crippen molar-refractivity contribution in [1.82, 2.24) is 14.9 Å². The van der Waals surface area contributed by atoms with Gasteiger partial charge in [0.2, 0.25) is 5.91 Å². The number of amides is 2. The van der Waals surface area contributed by atoms with Gasteiger partial charge >= 0.3 is 0 Å². The van der Waals surface area contributed by atoms with Gasteiger partial charge in [-0.15, -0.1) is 0 Å². The third-order valence-electron chi connectivity index (χ3n) is 6.07. The summed E-state index contributed by atoms with van der Waals surface area (Å²) < 4.78 is 12.5. The lowest BCUT2D eigenvalue weighted by Gasteiger charge is -2.14. The van der Waals surface area contributed by atoms with Gasteiger partial charge < -0.3 is 19.8 Å². The van der Waals surface area contributed by atoms with Crippen LogP contribution in [0.1, 0.15) is 29.0 Å². The molecule has 0 aliphatic carbocycles. The van der Waals surface area contributed by atoms with Crippen molar-refractivity contribution in [1.29, 1.82) is 0 Å². The Hall–Kier alpha value is -3.60. The first-order valence-electron chi connectivity index (χ1n) is 12.1. The van der Waals surface area contributed by atoms with Gasteiger partial charge in [0.05, 0.1) is 46.3 Å². The first-order chi connectivity index (χ1) is 18.5. The van der Waals surface area contributed by atoms with Crippen LogP contribution in [-0.2, 0) is 16.1 Å². The van der Waals surface area contributed by atoms with Gasteiger partial charge in [0.1, 0.15) is 5.76 Å². The number of rotatable bonds is 9. The number of fused-ring (bicyclic) bond motifs is 1. The van der Waals surface area contributed by atoms with Gasteiger partial charge in [-0.25, -0.2) is 4.98 Å². The third kappa shape index (κ3) is 6.09. The highest BCUT2D eigenvalue weighted by atomic mass is 35.5. The Morgan fingerprint density at radius 3 is 2.79 bits per heavy atom. The Kier molecular flexibility index (Phi) is 8.11. The highest BCUT2D eigenvalue weighted by molar-refractivity contribution is 7.99. The van der Waals surface area contributed by atoms with E-state index in [1.807, 2.05) is 0 Å². The van der Waals surface area contributed by atoms with Crippen LogP contribution in [0, 0.1) is 0 Å². The van der Waals surface area contributed by atoms with E-state index in [2.05, 4.69) is 15.6 Å². The number of hydrogen-bond donors (Lipinski definition) is 2. The Morgan fingerprint density at radius 1 is 1.16 bits per heavy atom. The average Bonchev–Trinajstić information content (AvgIpc) is 3.63. The van der Waals surface area contributed by atoms with Crippen molar-refractivity contribution in [3.8, 4) is 0 Å². The number of carbonyl (C=O) groups excluding carboxylic acids is 2. The molecule has 2 aromatic carbocycles. The van der Waals surface area contributed by atoms with Crippen molar-refractivity contribution in [2.24, 2.45) is 0 Å². The number of nitrogens with one attached hydrogen (secondary N) is 2. The van der Waals surface area contributed by atoms with Crippen molar-refractivity contribution in [2.45, 2.75) is 30.6 Å². The average molecular weight is 553 g/mol. The number of ether oxygens (including phenoxy) is 1. The van der Waals surface area contributed by atoms with E-state index in [0.29, 0.717) is 51.2 Å². The summed E-state index contributed by atoms with van der Waals surface area (Å²) in [6, 6.07) is 15.2. The van der Waals surface area contributed by atoms with Crippen LogP contribution in [0.5, 0.6) is 0 Å². The summed E-state index contributed by atoms with van der Waals surface area (Å²) in [6.07, 6.45) is 3.45. The zero-order valence-corrected chi connectivity index (χ0v) is 21.9. The van der Waals surface area contributed by atoms with Crippen LogP contribution in [0.3, 0.4) is 0 Å². The lowest BCUT2D eigenvalue weighted by Crippen LogP contribution is -2.31. The van der Waals surface area contributed by atoms with E-state index < -0.39 is 0 Å². The van der Waals surface area contributed by atoms with Crippen LogP contribution in [0.15, 0.2) is 75.2 Å². The molecule has 1 aliphatic rings. The molecule has 9 nitrogen and oxygen atoms in total. The van der Waals surface area contributed by atoms with Crippen molar-refractivity contribution >= 4 is 51.8 Å². The molecule has 1 saturated heterocycles. The summed E-state index contributed by atoms with van der Waals surface area (Å²) in [5.74, 6) is -0.00890. The van der Waals surface area contributed by atoms with Crippen LogP contribution in [0.25, 0.3) is 10.9 Å². The molecule has 0 saturated carbocycles. The summed E-state index contributed by atoms with van der Waals surface area (Å²) in [7, 11) is 0. The largest absolute Gasteiger partial charge is 0.467 e. The Balaban J connectivity index is 1.40. The van der Waals surface area contributed by atoms with E-state index in [9.17, 15) is 14.4 Å². The van der Waals surface area contributed by atoms with Gasteiger partial charge in [-0.05, 0) is 55.3 Å². The number of halogens is 1. The second-order valence-corrected chi connectivity index (χ2v) is 10.1. The predicted octanol–water partition coefficient (Wildman–Crippen LogP) is 4.33. The Labute approximate surface area is 227 Å². The summed E-state index contributed by atoms with van der Waals surface area (Å²) in [6.45, 7) is 1.28. The van der Waals surface area contributed by atoms with E-state index in [0.717, 1.165) is 24.6 Å². The van der Waals surface area contributed by atoms with Gasteiger partial charge in [0, 0.05) is 18.7 Å². The second-order valence-electron chi connectivity index (χ2n) is 8.76. The molecular weight excluding hydrogens is 528 g/mol. The normalized spacial score (nSPS) is 15.0. The fourth-order valence-corrected chi connectivity index (χ4v) is 5.12. The van der Waals surface area contributed by atoms with Gasteiger partial charge in [0.15, 0.2) is 5.16 Å². The van der Waals surface area contributed by atoms with Crippen molar-refractivity contribution in [3.63, 3.8) is 0 Å². The summed E-state index contributed by atoms with van der Waals surface area (Å²) >= 11 is 7.26. The number of hydrogen-bond acceptors (Lipinski definition) is 7. The van der Waals surface area contributed by atoms with Crippen LogP contribution >= 0.6 is 23.4 Å². The first kappa shape index (κ1) is 26.0. The minimum atomic E-state index is -0.302. The molecule has 3 heterocycles. The lowest BCUT2D eigenvalue weighted by atomic mass is 10.1. The van der Waals surface area contributed by atoms with E-state index >= 15 is 0 Å². The molecule has 1 atom stereocenters. The number of anilines is 1. The molecule has 1 fully saturated rings. The third-order valence-corrected chi connectivity index (χ3v) is 7.38. The zero-order chi connectivity index (χ0) is 26.5. The van der Waals surface area contributed by atoms with Crippen LogP contribution in [0.2, 0.25) is 5.02 Å². The van der Waals surface area contributed by atoms with Gasteiger partial charge in [-0.2, -0.15) is 0 Å². The second kappa shape index (κ2) is 11.8. The number of benzene rings is 2. The molecule has 2 N–H and O–H groups in total. The lowest BCUT2D eigenvalue weighted by molar-refractivity contribution is -0.113. The molecule has 2 amide bonds. The molecule has 1 aliphatic heterocycles. The molecule has 0 bridgehead atoms. The molecule has 38 heavy (non-hydrogen) atoms. The van der Waals surface area contributed by atoms with E-state index in [-0.39, 0.29) is 35.8 Å². The molecule has 11 heteroatoms. The molecule has 0 unspecified atom stereocenters. The van der Waals surface area contributed by atoms with Crippen molar-refractivity contribution in [2.75, 3.05) is 24.2 Å². The Bertz CT molecular complexity index is 1520. The maximum absolute atomic E-state index is 13.5. The maximum atomic E-state index is 13.5. The number of nitrogens with zero attached hydrogens (tertiary/aromatic N) is 2. The fraction of sp³-hybridized carbons (Fsp3) is 0.259. The number of para-hydroxylation sites is 1. The molecule has 0 spiro atoms. The zero-order valence-electron chi connectivity index (χ0n) is 20.3. The molecular formula is C27H25ClN4O5S. The van der Waals surface area contributed by atoms with E-state index in [4.69, 9.17) is 20.8 Å². The fourth-order valence-electron chi connectivity index (χ4n) is 4.14. The summed E-state index contributed by atoms with van der Waals surface area (Å²) in [5.41, 5.74) is 0.952. The summed E-state index contributed by atoms with van der Waals surface area (Å²) in [5, 5.41) is 6.77. The SMILES string of the molecule is O=C(CSc1nc2cc(C(=O)NC[C@@H]3CCCO3)ccc2c(=O)n1Cc1ccco1)Nc1ccccc1Cl. The summed E-state index contributed by atoms with van der Waals surface area (Å²) in [4.78, 5) is 43.5. The number of aromatic nitrogens is 2. The van der Waals surface area contributed by atoms with Crippen molar-refractivity contribution < 1.29 is 18.7 Å². The highest BCUT2D eigenvalue weighted by Crippen LogP contribution is 2.23. The van der Waals surface area contributed by atoms with Gasteiger partial charge in [0.25, 0.3) is 11.5 Å². The van der Waals surface area contributed by atoms with Gasteiger partial charge in [-0.1, -0.05) is 35.5 Å². The molecule has 2 aromatic heterocycles. The van der Waals surface area contributed by atoms with Crippen molar-refractivity contribution in [3.05, 3.63) is 87.6 Å². The number of thioether (sulfide) groups is 1. The van der Waals surface area contributed by atoms with Crippen LogP contribution in [0.4, 0.5) is 5.69 Å². The smallest absolute Gasteiger partial charge is 0.262 e. The van der Waals surface area contributed by atoms with Crippen LogP contribution < -0.4 is 16.2 Å².